The molecule has 0 saturated carbocycles. The zero-order valence-corrected chi connectivity index (χ0v) is 16.8. The molecule has 1 atom stereocenters. The summed E-state index contributed by atoms with van der Waals surface area (Å²) in [4.78, 5) is 38.6. The molecule has 0 aliphatic carbocycles. The number of nitro benzene ring substituents is 1. The number of nitrogen functional groups attached to an aromatic ring is 1. The smallest absolute Gasteiger partial charge is 0.410 e. The molecule has 1 saturated heterocycles. The van der Waals surface area contributed by atoms with E-state index < -0.39 is 16.6 Å². The first-order chi connectivity index (χ1) is 13.0. The lowest BCUT2D eigenvalue weighted by Gasteiger charge is -2.35. The highest BCUT2D eigenvalue weighted by atomic mass is 16.6. The summed E-state index contributed by atoms with van der Waals surface area (Å²) in [5.41, 5.74) is 5.03. The number of nitro groups is 1. The Labute approximate surface area is 164 Å². The molecule has 1 aromatic rings. The lowest BCUT2D eigenvalue weighted by molar-refractivity contribution is -0.383. The fourth-order valence-electron chi connectivity index (χ4n) is 3.22. The quantitative estimate of drug-likeness (QED) is 0.478. The minimum atomic E-state index is -0.596. The first kappa shape index (κ1) is 21.5. The van der Waals surface area contributed by atoms with E-state index in [1.54, 1.807) is 11.9 Å². The standard InChI is InChI=1S/C19H28N4O5/c1-19(2,3)28-18(25)21(4)11-13-6-5-9-22(12-13)17(24)14-7-8-15(20)16(10-14)23(26)27/h7-8,10,13H,5-6,9,11-12,20H2,1-4H3. The molecular weight excluding hydrogens is 364 g/mol. The van der Waals surface area contributed by atoms with Crippen LogP contribution in [0.15, 0.2) is 18.2 Å². The summed E-state index contributed by atoms with van der Waals surface area (Å²) >= 11 is 0. The van der Waals surface area contributed by atoms with Crippen LogP contribution in [0.1, 0.15) is 44.0 Å². The molecule has 2 rings (SSSR count). The van der Waals surface area contributed by atoms with Gasteiger partial charge in [-0.3, -0.25) is 14.9 Å². The van der Waals surface area contributed by atoms with Crippen LogP contribution in [0.3, 0.4) is 0 Å². The van der Waals surface area contributed by atoms with E-state index in [0.717, 1.165) is 12.8 Å². The molecule has 0 aromatic heterocycles. The number of nitrogens with zero attached hydrogens (tertiary/aromatic N) is 3. The molecule has 0 bridgehead atoms. The van der Waals surface area contributed by atoms with Crippen molar-refractivity contribution in [1.29, 1.82) is 0 Å². The Kier molecular flexibility index (Phi) is 6.48. The lowest BCUT2D eigenvalue weighted by atomic mass is 9.97. The summed E-state index contributed by atoms with van der Waals surface area (Å²) in [6.45, 7) is 6.96. The van der Waals surface area contributed by atoms with E-state index in [0.29, 0.717) is 19.6 Å². The zero-order valence-electron chi connectivity index (χ0n) is 16.8. The van der Waals surface area contributed by atoms with Crippen LogP contribution in [0.5, 0.6) is 0 Å². The van der Waals surface area contributed by atoms with E-state index in [2.05, 4.69) is 0 Å². The highest BCUT2D eigenvalue weighted by Crippen LogP contribution is 2.25. The van der Waals surface area contributed by atoms with Crippen LogP contribution < -0.4 is 5.73 Å². The number of hydrogen-bond acceptors (Lipinski definition) is 6. The number of rotatable bonds is 4. The molecule has 9 nitrogen and oxygen atoms in total. The van der Waals surface area contributed by atoms with Gasteiger partial charge in [0.1, 0.15) is 11.3 Å². The van der Waals surface area contributed by atoms with Crippen molar-refractivity contribution in [2.75, 3.05) is 32.4 Å². The summed E-state index contributed by atoms with van der Waals surface area (Å²) in [6.07, 6.45) is 1.29. The maximum atomic E-state index is 12.8. The third kappa shape index (κ3) is 5.58. The molecule has 28 heavy (non-hydrogen) atoms. The fourth-order valence-corrected chi connectivity index (χ4v) is 3.22. The number of nitrogens with two attached hydrogens (primary N) is 1. The number of hydrogen-bond donors (Lipinski definition) is 1. The fraction of sp³-hybridized carbons (Fsp3) is 0.579. The van der Waals surface area contributed by atoms with Gasteiger partial charge in [-0.2, -0.15) is 0 Å². The van der Waals surface area contributed by atoms with E-state index in [1.807, 2.05) is 20.8 Å². The number of carbonyl (C=O) groups is 2. The Balaban J connectivity index is 2.03. The molecule has 2 N–H and O–H groups in total. The highest BCUT2D eigenvalue weighted by Gasteiger charge is 2.28. The van der Waals surface area contributed by atoms with Crippen molar-refractivity contribution in [3.05, 3.63) is 33.9 Å². The van der Waals surface area contributed by atoms with Crippen molar-refractivity contribution in [3.63, 3.8) is 0 Å². The summed E-state index contributed by atoms with van der Waals surface area (Å²) in [6, 6.07) is 4.10. The number of amides is 2. The van der Waals surface area contributed by atoms with Gasteiger partial charge in [0.15, 0.2) is 0 Å². The molecule has 0 spiro atoms. The van der Waals surface area contributed by atoms with Gasteiger partial charge in [-0.05, 0) is 51.7 Å². The van der Waals surface area contributed by atoms with E-state index in [4.69, 9.17) is 10.5 Å². The molecule has 1 aliphatic rings. The Morgan fingerprint density at radius 3 is 2.68 bits per heavy atom. The van der Waals surface area contributed by atoms with Crippen LogP contribution in [-0.2, 0) is 4.74 Å². The maximum Gasteiger partial charge on any atom is 0.410 e. The van der Waals surface area contributed by atoms with E-state index >= 15 is 0 Å². The first-order valence-electron chi connectivity index (χ1n) is 9.25. The normalized spacial score (nSPS) is 17.1. The lowest BCUT2D eigenvalue weighted by Crippen LogP contribution is -2.45. The Morgan fingerprint density at radius 1 is 1.39 bits per heavy atom. The third-order valence-electron chi connectivity index (χ3n) is 4.52. The summed E-state index contributed by atoms with van der Waals surface area (Å²) in [7, 11) is 1.68. The molecule has 9 heteroatoms. The van der Waals surface area contributed by atoms with Gasteiger partial charge < -0.3 is 20.3 Å². The monoisotopic (exact) mass is 392 g/mol. The number of carbonyl (C=O) groups excluding carboxylic acids is 2. The van der Waals surface area contributed by atoms with Crippen LogP contribution in [0.25, 0.3) is 0 Å². The molecule has 2 amide bonds. The highest BCUT2D eigenvalue weighted by molar-refractivity contribution is 5.95. The molecular formula is C19H28N4O5. The second-order valence-corrected chi connectivity index (χ2v) is 8.15. The van der Waals surface area contributed by atoms with Gasteiger partial charge >= 0.3 is 6.09 Å². The Morgan fingerprint density at radius 2 is 2.07 bits per heavy atom. The molecule has 1 heterocycles. The largest absolute Gasteiger partial charge is 0.444 e. The average Bonchev–Trinajstić information content (AvgIpc) is 2.60. The van der Waals surface area contributed by atoms with Crippen LogP contribution in [-0.4, -0.2) is 59.0 Å². The van der Waals surface area contributed by atoms with Crippen molar-refractivity contribution in [2.24, 2.45) is 5.92 Å². The maximum absolute atomic E-state index is 12.8. The van der Waals surface area contributed by atoms with E-state index in [9.17, 15) is 19.7 Å². The van der Waals surface area contributed by atoms with Crippen LogP contribution in [0, 0.1) is 16.0 Å². The molecule has 154 valence electrons. The van der Waals surface area contributed by atoms with Gasteiger partial charge in [0.2, 0.25) is 0 Å². The predicted octanol–water partition coefficient (Wildman–Crippen LogP) is 2.90. The predicted molar refractivity (Wildman–Crippen MR) is 105 cm³/mol. The van der Waals surface area contributed by atoms with E-state index in [1.165, 1.54) is 23.1 Å². The topological polar surface area (TPSA) is 119 Å². The molecule has 1 fully saturated rings. The molecule has 1 aliphatic heterocycles. The minimum absolute atomic E-state index is 0.0251. The summed E-state index contributed by atoms with van der Waals surface area (Å²) in [5, 5.41) is 11.1. The van der Waals surface area contributed by atoms with Gasteiger partial charge in [0.25, 0.3) is 11.6 Å². The van der Waals surface area contributed by atoms with Gasteiger partial charge in [-0.25, -0.2) is 4.79 Å². The number of benzene rings is 1. The number of ether oxygens (including phenoxy) is 1. The van der Waals surface area contributed by atoms with Crippen LogP contribution in [0.4, 0.5) is 16.2 Å². The van der Waals surface area contributed by atoms with E-state index in [-0.39, 0.29) is 28.8 Å². The Bertz CT molecular complexity index is 759. The van der Waals surface area contributed by atoms with Crippen molar-refractivity contribution in [2.45, 2.75) is 39.2 Å². The summed E-state index contributed by atoms with van der Waals surface area (Å²) < 4.78 is 5.36. The number of likely N-dealkylation sites (tertiary alicyclic amines) is 1. The van der Waals surface area contributed by atoms with Crippen LogP contribution >= 0.6 is 0 Å². The van der Waals surface area contributed by atoms with Crippen LogP contribution in [0.2, 0.25) is 0 Å². The molecule has 1 unspecified atom stereocenters. The Hall–Kier alpha value is -2.84. The number of piperidine rings is 1. The van der Waals surface area contributed by atoms with Crippen molar-refractivity contribution >= 4 is 23.4 Å². The van der Waals surface area contributed by atoms with Gasteiger partial charge in [-0.1, -0.05) is 0 Å². The van der Waals surface area contributed by atoms with Crippen molar-refractivity contribution < 1.29 is 19.2 Å². The second kappa shape index (κ2) is 8.45. The molecule has 0 radical (unpaired) electrons. The zero-order chi connectivity index (χ0) is 21.1. The molecule has 1 aromatic carbocycles. The second-order valence-electron chi connectivity index (χ2n) is 8.15. The first-order valence-corrected chi connectivity index (χ1v) is 9.25. The summed E-state index contributed by atoms with van der Waals surface area (Å²) in [5.74, 6) is -0.160. The third-order valence-corrected chi connectivity index (χ3v) is 4.52. The SMILES string of the molecule is CN(CC1CCCN(C(=O)c2ccc(N)c([N+](=O)[O-])c2)C1)C(=O)OC(C)(C)C. The van der Waals surface area contributed by atoms with Gasteiger partial charge in [0, 0.05) is 38.3 Å². The van der Waals surface area contributed by atoms with Gasteiger partial charge in [-0.15, -0.1) is 0 Å². The average molecular weight is 392 g/mol. The minimum Gasteiger partial charge on any atom is -0.444 e. The van der Waals surface area contributed by atoms with Gasteiger partial charge in [0.05, 0.1) is 4.92 Å². The number of anilines is 1. The van der Waals surface area contributed by atoms with Crippen molar-refractivity contribution in [3.8, 4) is 0 Å². The van der Waals surface area contributed by atoms with Crippen molar-refractivity contribution in [1.82, 2.24) is 9.80 Å².